The molecule has 4 aromatic rings. The fourth-order valence-electron chi connectivity index (χ4n) is 4.76. The molecular weight excluding hydrogens is 529 g/mol. The van der Waals surface area contributed by atoms with Gasteiger partial charge in [-0.3, -0.25) is 9.47 Å². The number of rotatable bonds is 7. The van der Waals surface area contributed by atoms with Gasteiger partial charge in [-0.2, -0.15) is 13.2 Å². The molecule has 1 atom stereocenters. The van der Waals surface area contributed by atoms with Crippen LogP contribution >= 0.6 is 11.3 Å². The molecule has 1 fully saturated rings. The maximum absolute atomic E-state index is 13.6. The quantitative estimate of drug-likeness (QED) is 0.268. The maximum Gasteiger partial charge on any atom is 0.416 e. The van der Waals surface area contributed by atoms with Crippen LogP contribution in [-0.4, -0.2) is 65.7 Å². The van der Waals surface area contributed by atoms with Crippen molar-refractivity contribution < 1.29 is 27.4 Å². The Kier molecular flexibility index (Phi) is 7.66. The number of ether oxygens (including phenoxy) is 2. The van der Waals surface area contributed by atoms with Gasteiger partial charge < -0.3 is 14.4 Å². The molecule has 0 spiro atoms. The summed E-state index contributed by atoms with van der Waals surface area (Å²) in [7, 11) is 3.38. The lowest BCUT2D eigenvalue weighted by Gasteiger charge is -2.32. The number of hydrogen-bond donors (Lipinski definition) is 0. The van der Waals surface area contributed by atoms with Gasteiger partial charge in [0.2, 0.25) is 0 Å². The summed E-state index contributed by atoms with van der Waals surface area (Å²) in [6, 6.07) is 13.0. The summed E-state index contributed by atoms with van der Waals surface area (Å²) in [5.41, 5.74) is 2.00. The highest BCUT2D eigenvalue weighted by molar-refractivity contribution is 7.16. The van der Waals surface area contributed by atoms with Gasteiger partial charge in [-0.1, -0.05) is 24.3 Å². The van der Waals surface area contributed by atoms with E-state index in [1.54, 1.807) is 12.4 Å². The monoisotopic (exact) mass is 558 g/mol. The van der Waals surface area contributed by atoms with Gasteiger partial charge in [0.05, 0.1) is 23.7 Å². The Hall–Kier alpha value is -3.41. The minimum absolute atomic E-state index is 0.0183. The van der Waals surface area contributed by atoms with Crippen molar-refractivity contribution in [2.75, 3.05) is 40.3 Å². The Morgan fingerprint density at radius 2 is 1.85 bits per heavy atom. The van der Waals surface area contributed by atoms with E-state index in [9.17, 15) is 18.0 Å². The third kappa shape index (κ3) is 5.80. The lowest BCUT2D eigenvalue weighted by Crippen LogP contribution is -2.43. The van der Waals surface area contributed by atoms with Gasteiger partial charge in [-0.25, -0.2) is 9.78 Å². The average molecular weight is 559 g/mol. The molecule has 2 aromatic carbocycles. The predicted octanol–water partition coefficient (Wildman–Crippen LogP) is 5.78. The first-order valence-corrected chi connectivity index (χ1v) is 13.4. The standard InChI is InChI=1S/C28H29F3N4O3S/c1-18(20-6-4-5-7-21(20)28(29,30)31)38-24-15-25(39-26(24)27(36)37-3)35-17-32-22-9-8-19(14-23(22)35)16-34-12-10-33(2)11-13-34/h4-9,14-15,17-18H,10-13,16H2,1-3H3/t18-/m1/s1. The van der Waals surface area contributed by atoms with Gasteiger partial charge in [-0.15, -0.1) is 11.3 Å². The number of aromatic nitrogens is 2. The Labute approximate surface area is 228 Å². The minimum atomic E-state index is -4.53. The van der Waals surface area contributed by atoms with E-state index >= 15 is 0 Å². The number of imidazole rings is 1. The van der Waals surface area contributed by atoms with Crippen LogP contribution in [-0.2, 0) is 17.5 Å². The zero-order valence-electron chi connectivity index (χ0n) is 21.9. The van der Waals surface area contributed by atoms with E-state index < -0.39 is 23.8 Å². The van der Waals surface area contributed by atoms with E-state index in [1.807, 2.05) is 10.6 Å². The summed E-state index contributed by atoms with van der Waals surface area (Å²) in [6.07, 6.45) is -3.83. The molecule has 5 rings (SSSR count). The molecule has 0 unspecified atom stereocenters. The van der Waals surface area contributed by atoms with Crippen LogP contribution in [0.3, 0.4) is 0 Å². The molecule has 3 heterocycles. The topological polar surface area (TPSA) is 59.8 Å². The smallest absolute Gasteiger partial charge is 0.416 e. The number of hydrogen-bond acceptors (Lipinski definition) is 7. The molecule has 1 aliphatic rings. The highest BCUT2D eigenvalue weighted by atomic mass is 32.1. The largest absolute Gasteiger partial charge is 0.484 e. The van der Waals surface area contributed by atoms with Crippen LogP contribution in [0.4, 0.5) is 13.2 Å². The van der Waals surface area contributed by atoms with Crippen molar-refractivity contribution in [1.29, 1.82) is 0 Å². The third-order valence-electron chi connectivity index (χ3n) is 6.91. The number of methoxy groups -OCH3 is 1. The number of carbonyl (C=O) groups excluding carboxylic acids is 1. The number of halogens is 3. The molecule has 0 radical (unpaired) electrons. The number of carbonyl (C=O) groups is 1. The molecule has 1 saturated heterocycles. The van der Waals surface area contributed by atoms with Gasteiger partial charge in [0.25, 0.3) is 0 Å². The van der Waals surface area contributed by atoms with Gasteiger partial charge >= 0.3 is 12.1 Å². The van der Waals surface area contributed by atoms with Crippen molar-refractivity contribution in [2.45, 2.75) is 25.7 Å². The van der Waals surface area contributed by atoms with Crippen LogP contribution in [0.5, 0.6) is 5.75 Å². The van der Waals surface area contributed by atoms with Crippen LogP contribution in [0.25, 0.3) is 16.0 Å². The molecule has 0 aliphatic carbocycles. The molecule has 11 heteroatoms. The lowest BCUT2D eigenvalue weighted by molar-refractivity contribution is -0.139. The predicted molar refractivity (Wildman–Crippen MR) is 144 cm³/mol. The number of piperazine rings is 1. The van der Waals surface area contributed by atoms with E-state index in [2.05, 4.69) is 34.0 Å². The fourth-order valence-corrected chi connectivity index (χ4v) is 5.75. The molecule has 0 amide bonds. The Morgan fingerprint density at radius 3 is 2.56 bits per heavy atom. The minimum Gasteiger partial charge on any atom is -0.484 e. The fraction of sp³-hybridized carbons (Fsp3) is 0.357. The van der Waals surface area contributed by atoms with E-state index in [1.165, 1.54) is 32.2 Å². The van der Waals surface area contributed by atoms with Crippen molar-refractivity contribution in [3.63, 3.8) is 0 Å². The van der Waals surface area contributed by atoms with Crippen LogP contribution in [0.2, 0.25) is 0 Å². The van der Waals surface area contributed by atoms with Crippen molar-refractivity contribution in [3.8, 4) is 10.8 Å². The van der Waals surface area contributed by atoms with Gasteiger partial charge in [-0.05, 0) is 37.7 Å². The molecule has 1 aliphatic heterocycles. The van der Waals surface area contributed by atoms with Gasteiger partial charge in [0.15, 0.2) is 4.88 Å². The summed E-state index contributed by atoms with van der Waals surface area (Å²) >= 11 is 1.14. The molecule has 2 aromatic heterocycles. The van der Waals surface area contributed by atoms with E-state index in [4.69, 9.17) is 9.47 Å². The molecular formula is C28H29F3N4O3S. The number of esters is 1. The number of benzene rings is 2. The van der Waals surface area contributed by atoms with Crippen LogP contribution < -0.4 is 4.74 Å². The summed E-state index contributed by atoms with van der Waals surface area (Å²) in [4.78, 5) is 22.0. The molecule has 7 nitrogen and oxygen atoms in total. The summed E-state index contributed by atoms with van der Waals surface area (Å²) in [5.74, 6) is -0.473. The van der Waals surface area contributed by atoms with Gasteiger partial charge in [0.1, 0.15) is 23.2 Å². The third-order valence-corrected chi connectivity index (χ3v) is 8.01. The molecule has 0 N–H and O–H groups in total. The first-order chi connectivity index (χ1) is 18.6. The number of thiophene rings is 1. The van der Waals surface area contributed by atoms with E-state index in [-0.39, 0.29) is 16.2 Å². The second-order valence-electron chi connectivity index (χ2n) is 9.63. The first-order valence-electron chi connectivity index (χ1n) is 12.6. The molecule has 0 bridgehead atoms. The number of nitrogens with zero attached hydrogens (tertiary/aromatic N) is 4. The van der Waals surface area contributed by atoms with Crippen LogP contribution in [0, 0.1) is 0 Å². The first kappa shape index (κ1) is 27.2. The number of fused-ring (bicyclic) bond motifs is 1. The normalized spacial score (nSPS) is 15.9. The Bertz CT molecular complexity index is 1470. The zero-order chi connectivity index (χ0) is 27.7. The summed E-state index contributed by atoms with van der Waals surface area (Å²) in [6.45, 7) is 6.40. The molecule has 206 valence electrons. The van der Waals surface area contributed by atoms with Crippen LogP contribution in [0.1, 0.15) is 39.4 Å². The van der Waals surface area contributed by atoms with Gasteiger partial charge in [0, 0.05) is 44.4 Å². The molecule has 0 saturated carbocycles. The van der Waals surface area contributed by atoms with E-state index in [0.29, 0.717) is 5.00 Å². The van der Waals surface area contributed by atoms with Crippen molar-refractivity contribution in [3.05, 3.63) is 76.4 Å². The second kappa shape index (κ2) is 11.0. The number of alkyl halides is 3. The van der Waals surface area contributed by atoms with Crippen molar-refractivity contribution >= 4 is 28.3 Å². The van der Waals surface area contributed by atoms with Crippen molar-refractivity contribution in [2.24, 2.45) is 0 Å². The average Bonchev–Trinajstić information content (AvgIpc) is 3.53. The van der Waals surface area contributed by atoms with Crippen molar-refractivity contribution in [1.82, 2.24) is 19.4 Å². The van der Waals surface area contributed by atoms with E-state index in [0.717, 1.165) is 66.7 Å². The maximum atomic E-state index is 13.6. The highest BCUT2D eigenvalue weighted by Gasteiger charge is 2.35. The lowest BCUT2D eigenvalue weighted by atomic mass is 10.0. The Morgan fingerprint density at radius 1 is 1.10 bits per heavy atom. The second-order valence-corrected chi connectivity index (χ2v) is 10.7. The summed E-state index contributed by atoms with van der Waals surface area (Å²) < 4.78 is 53.6. The Balaban J connectivity index is 1.46. The summed E-state index contributed by atoms with van der Waals surface area (Å²) in [5, 5.41) is 0.640. The highest BCUT2D eigenvalue weighted by Crippen LogP contribution is 2.39. The number of likely N-dealkylation sites (N-methyl/N-ethyl adjacent to an activating group) is 1. The zero-order valence-corrected chi connectivity index (χ0v) is 22.7. The SMILES string of the molecule is COC(=O)c1sc(-n2cnc3ccc(CN4CCN(C)CC4)cc32)cc1O[C@H](C)c1ccccc1C(F)(F)F. The molecule has 39 heavy (non-hydrogen) atoms. The van der Waals surface area contributed by atoms with Crippen LogP contribution in [0.15, 0.2) is 54.9 Å².